The van der Waals surface area contributed by atoms with E-state index in [0.29, 0.717) is 12.8 Å². The number of hydrogen-bond acceptors (Lipinski definition) is 6. The molecule has 396 valence electrons. The molecule has 0 aliphatic carbocycles. The number of allylic oxidation sites excluding steroid dienone is 14. The van der Waals surface area contributed by atoms with Gasteiger partial charge in [-0.25, -0.2) is 0 Å². The fraction of sp³-hybridized carbons (Fsp3) is 0.730. The van der Waals surface area contributed by atoms with Crippen molar-refractivity contribution in [3.8, 4) is 0 Å². The van der Waals surface area contributed by atoms with Gasteiger partial charge in [-0.15, -0.1) is 0 Å². The van der Waals surface area contributed by atoms with Crippen molar-refractivity contribution in [2.45, 2.75) is 284 Å². The molecule has 0 bridgehead atoms. The first-order chi connectivity index (χ1) is 34.0. The first-order valence-electron chi connectivity index (χ1n) is 29.1. The first kappa shape index (κ1) is 65.6. The van der Waals surface area contributed by atoms with Crippen LogP contribution in [0.2, 0.25) is 0 Å². The van der Waals surface area contributed by atoms with Crippen LogP contribution in [-0.4, -0.2) is 37.2 Å². The lowest BCUT2D eigenvalue weighted by molar-refractivity contribution is -0.167. The predicted octanol–water partition coefficient (Wildman–Crippen LogP) is 19.5. The fourth-order valence-corrected chi connectivity index (χ4v) is 8.05. The summed E-state index contributed by atoms with van der Waals surface area (Å²) in [6.45, 7) is 6.37. The Kier molecular flexibility index (Phi) is 54.3. The van der Waals surface area contributed by atoms with Gasteiger partial charge in [-0.2, -0.15) is 0 Å². The molecular formula is C63H108O6. The summed E-state index contributed by atoms with van der Waals surface area (Å²) in [5, 5.41) is 0. The molecular weight excluding hydrogens is 853 g/mol. The Morgan fingerprint density at radius 2 is 0.565 bits per heavy atom. The SMILES string of the molecule is CC/C=C\C/C=C\C/C=C\CCCCCC(=O)OCC(COC(=O)CCCCCCCCCCCCCCC/C=C\CCCCCCCCCC)OC(=O)CCCCC/C=C\C/C=C\C/C=C\CC. The van der Waals surface area contributed by atoms with Crippen LogP contribution in [0.15, 0.2) is 85.1 Å². The van der Waals surface area contributed by atoms with Gasteiger partial charge in [-0.1, -0.05) is 234 Å². The van der Waals surface area contributed by atoms with Crippen molar-refractivity contribution in [3.63, 3.8) is 0 Å². The van der Waals surface area contributed by atoms with Crippen molar-refractivity contribution in [1.29, 1.82) is 0 Å². The third-order valence-corrected chi connectivity index (χ3v) is 12.4. The van der Waals surface area contributed by atoms with Crippen molar-refractivity contribution in [2.24, 2.45) is 0 Å². The third kappa shape index (κ3) is 55.4. The number of carbonyl (C=O) groups excluding carboxylic acids is 3. The summed E-state index contributed by atoms with van der Waals surface area (Å²) in [6.07, 6.45) is 74.6. The summed E-state index contributed by atoms with van der Waals surface area (Å²) < 4.78 is 16.8. The van der Waals surface area contributed by atoms with E-state index in [1.165, 1.54) is 128 Å². The lowest BCUT2D eigenvalue weighted by Gasteiger charge is -2.18. The van der Waals surface area contributed by atoms with E-state index in [1.54, 1.807) is 0 Å². The number of hydrogen-bond donors (Lipinski definition) is 0. The zero-order valence-corrected chi connectivity index (χ0v) is 45.3. The topological polar surface area (TPSA) is 78.9 Å². The number of carbonyl (C=O) groups is 3. The molecule has 0 N–H and O–H groups in total. The summed E-state index contributed by atoms with van der Waals surface area (Å²) in [7, 11) is 0. The minimum Gasteiger partial charge on any atom is -0.462 e. The van der Waals surface area contributed by atoms with Crippen molar-refractivity contribution in [3.05, 3.63) is 85.1 Å². The zero-order valence-electron chi connectivity index (χ0n) is 45.3. The second kappa shape index (κ2) is 57.2. The molecule has 0 aliphatic heterocycles. The zero-order chi connectivity index (χ0) is 50.0. The summed E-state index contributed by atoms with van der Waals surface area (Å²) in [4.78, 5) is 38.1. The van der Waals surface area contributed by atoms with Gasteiger partial charge >= 0.3 is 17.9 Å². The molecule has 69 heavy (non-hydrogen) atoms. The Balaban J connectivity index is 4.28. The number of ether oxygens (including phenoxy) is 3. The second-order valence-electron chi connectivity index (χ2n) is 19.1. The van der Waals surface area contributed by atoms with Crippen LogP contribution < -0.4 is 0 Å². The van der Waals surface area contributed by atoms with Crippen LogP contribution in [0.1, 0.15) is 278 Å². The molecule has 0 amide bonds. The molecule has 0 radical (unpaired) electrons. The predicted molar refractivity (Wildman–Crippen MR) is 297 cm³/mol. The smallest absolute Gasteiger partial charge is 0.306 e. The van der Waals surface area contributed by atoms with Gasteiger partial charge in [-0.05, 0) is 109 Å². The maximum Gasteiger partial charge on any atom is 0.306 e. The van der Waals surface area contributed by atoms with E-state index in [1.807, 2.05) is 0 Å². The normalized spacial score (nSPS) is 12.7. The summed E-state index contributed by atoms with van der Waals surface area (Å²) in [6, 6.07) is 0. The molecule has 0 aromatic heterocycles. The van der Waals surface area contributed by atoms with Gasteiger partial charge in [0.2, 0.25) is 0 Å². The van der Waals surface area contributed by atoms with Crippen LogP contribution in [-0.2, 0) is 28.6 Å². The largest absolute Gasteiger partial charge is 0.462 e. The van der Waals surface area contributed by atoms with Gasteiger partial charge in [0.15, 0.2) is 6.10 Å². The molecule has 0 spiro atoms. The molecule has 6 heteroatoms. The Morgan fingerprint density at radius 1 is 0.304 bits per heavy atom. The Hall–Kier alpha value is -3.41. The van der Waals surface area contributed by atoms with Crippen LogP contribution in [0.4, 0.5) is 0 Å². The van der Waals surface area contributed by atoms with Crippen LogP contribution in [0.25, 0.3) is 0 Å². The fourth-order valence-electron chi connectivity index (χ4n) is 8.05. The Morgan fingerprint density at radius 3 is 0.913 bits per heavy atom. The molecule has 1 atom stereocenters. The van der Waals surface area contributed by atoms with E-state index in [0.717, 1.165) is 109 Å². The average molecular weight is 962 g/mol. The minimum absolute atomic E-state index is 0.0975. The lowest BCUT2D eigenvalue weighted by Crippen LogP contribution is -2.30. The van der Waals surface area contributed by atoms with E-state index >= 15 is 0 Å². The Labute approximate surface area is 426 Å². The van der Waals surface area contributed by atoms with Crippen molar-refractivity contribution >= 4 is 17.9 Å². The molecule has 0 rings (SSSR count). The van der Waals surface area contributed by atoms with Gasteiger partial charge in [0, 0.05) is 19.3 Å². The number of rotatable bonds is 52. The summed E-state index contributed by atoms with van der Waals surface area (Å²) in [5.74, 6) is -0.954. The standard InChI is InChI=1S/C63H108O6/c1-4-7-10-13-16-19-22-25-26-27-28-29-30-31-32-33-34-35-36-39-41-44-47-50-53-56-62(65)68-59-60(69-63(66)57-54-51-48-45-42-38-24-21-18-15-12-9-6-3)58-67-61(64)55-52-49-46-43-40-37-23-20-17-14-11-8-5-2/h8-9,11-12,17-18,20-21,27-28,37-38,40,42,60H,4-7,10,13-16,19,22-26,29-36,39,41,43-59H2,1-3H3/b11-8-,12-9-,20-17-,21-18-,28-27-,40-37-,42-38-. The van der Waals surface area contributed by atoms with Gasteiger partial charge in [0.25, 0.3) is 0 Å². The maximum absolute atomic E-state index is 12.8. The highest BCUT2D eigenvalue weighted by Crippen LogP contribution is 2.16. The lowest BCUT2D eigenvalue weighted by atomic mass is 10.0. The summed E-state index contributed by atoms with van der Waals surface area (Å²) in [5.41, 5.74) is 0. The molecule has 0 heterocycles. The van der Waals surface area contributed by atoms with E-state index < -0.39 is 6.10 Å². The molecule has 0 aromatic rings. The second-order valence-corrected chi connectivity index (χ2v) is 19.1. The monoisotopic (exact) mass is 961 g/mol. The summed E-state index contributed by atoms with van der Waals surface area (Å²) >= 11 is 0. The van der Waals surface area contributed by atoms with Gasteiger partial charge < -0.3 is 14.2 Å². The van der Waals surface area contributed by atoms with Crippen LogP contribution in [0.3, 0.4) is 0 Å². The van der Waals surface area contributed by atoms with Gasteiger partial charge in [-0.3, -0.25) is 14.4 Å². The van der Waals surface area contributed by atoms with E-state index in [9.17, 15) is 14.4 Å². The highest BCUT2D eigenvalue weighted by atomic mass is 16.6. The van der Waals surface area contributed by atoms with E-state index in [2.05, 4.69) is 106 Å². The van der Waals surface area contributed by atoms with Gasteiger partial charge in [0.1, 0.15) is 13.2 Å². The maximum atomic E-state index is 12.8. The van der Waals surface area contributed by atoms with E-state index in [4.69, 9.17) is 14.2 Å². The molecule has 0 saturated heterocycles. The quantitative estimate of drug-likeness (QED) is 0.0262. The van der Waals surface area contributed by atoms with Gasteiger partial charge in [0.05, 0.1) is 0 Å². The number of unbranched alkanes of at least 4 members (excludes halogenated alkanes) is 27. The van der Waals surface area contributed by atoms with Crippen LogP contribution in [0.5, 0.6) is 0 Å². The molecule has 0 fully saturated rings. The van der Waals surface area contributed by atoms with Crippen LogP contribution >= 0.6 is 0 Å². The average Bonchev–Trinajstić information content (AvgIpc) is 3.35. The minimum atomic E-state index is -0.804. The molecule has 0 saturated carbocycles. The van der Waals surface area contributed by atoms with E-state index in [-0.39, 0.29) is 37.5 Å². The Bertz CT molecular complexity index is 1330. The molecule has 1 unspecified atom stereocenters. The molecule has 6 nitrogen and oxygen atoms in total. The number of esters is 3. The highest BCUT2D eigenvalue weighted by molar-refractivity contribution is 5.71. The molecule has 0 aliphatic rings. The molecule has 0 aromatic carbocycles. The van der Waals surface area contributed by atoms with Crippen molar-refractivity contribution in [2.75, 3.05) is 13.2 Å². The first-order valence-corrected chi connectivity index (χ1v) is 29.1. The van der Waals surface area contributed by atoms with Crippen molar-refractivity contribution < 1.29 is 28.6 Å². The highest BCUT2D eigenvalue weighted by Gasteiger charge is 2.19. The van der Waals surface area contributed by atoms with Crippen molar-refractivity contribution in [1.82, 2.24) is 0 Å². The third-order valence-electron chi connectivity index (χ3n) is 12.4. The van der Waals surface area contributed by atoms with Crippen LogP contribution in [0, 0.1) is 0 Å².